The molecule has 0 bridgehead atoms. The first-order valence-electron chi connectivity index (χ1n) is 5.11. The van der Waals surface area contributed by atoms with Gasteiger partial charge in [-0.2, -0.15) is 0 Å². The van der Waals surface area contributed by atoms with E-state index in [9.17, 15) is 4.79 Å². The Balaban J connectivity index is 2.24. The monoisotopic (exact) mass is 325 g/mol. The topological polar surface area (TPSA) is 54.9 Å². The molecule has 0 atom stereocenters. The molecular formula is C12H9BrClN3O. The third-order valence-corrected chi connectivity index (χ3v) is 3.05. The third kappa shape index (κ3) is 2.86. The van der Waals surface area contributed by atoms with Gasteiger partial charge < -0.3 is 5.32 Å². The van der Waals surface area contributed by atoms with Crippen LogP contribution >= 0.6 is 27.5 Å². The summed E-state index contributed by atoms with van der Waals surface area (Å²) < 4.78 is 0.859. The van der Waals surface area contributed by atoms with Crippen LogP contribution < -0.4 is 5.32 Å². The van der Waals surface area contributed by atoms with Crippen molar-refractivity contribution in [2.24, 2.45) is 0 Å². The molecule has 0 aliphatic rings. The van der Waals surface area contributed by atoms with Crippen LogP contribution in [0.25, 0.3) is 0 Å². The minimum absolute atomic E-state index is 0.322. The molecule has 92 valence electrons. The van der Waals surface area contributed by atoms with Crippen LogP contribution in [-0.4, -0.2) is 15.9 Å². The van der Waals surface area contributed by atoms with Gasteiger partial charge in [0.15, 0.2) is 0 Å². The highest BCUT2D eigenvalue weighted by atomic mass is 79.9. The molecule has 6 heteroatoms. The first kappa shape index (κ1) is 13.0. The van der Waals surface area contributed by atoms with Crippen molar-refractivity contribution in [1.29, 1.82) is 0 Å². The van der Waals surface area contributed by atoms with Gasteiger partial charge >= 0.3 is 0 Å². The Morgan fingerprint density at radius 2 is 2.22 bits per heavy atom. The maximum absolute atomic E-state index is 12.0. The van der Waals surface area contributed by atoms with Crippen LogP contribution in [0, 0.1) is 6.92 Å². The number of carbonyl (C=O) groups is 1. The molecule has 0 aliphatic carbocycles. The molecule has 0 saturated heterocycles. The second kappa shape index (κ2) is 5.46. The Hall–Kier alpha value is -1.46. The van der Waals surface area contributed by atoms with E-state index >= 15 is 0 Å². The van der Waals surface area contributed by atoms with E-state index in [2.05, 4.69) is 31.2 Å². The van der Waals surface area contributed by atoms with Crippen LogP contribution in [0.1, 0.15) is 15.9 Å². The fourth-order valence-electron chi connectivity index (χ4n) is 1.39. The zero-order valence-corrected chi connectivity index (χ0v) is 11.8. The lowest BCUT2D eigenvalue weighted by atomic mass is 10.2. The second-order valence-corrected chi connectivity index (χ2v) is 4.95. The molecule has 0 aromatic carbocycles. The first-order valence-corrected chi connectivity index (χ1v) is 6.28. The minimum Gasteiger partial charge on any atom is -0.306 e. The molecule has 0 saturated carbocycles. The van der Waals surface area contributed by atoms with Crippen molar-refractivity contribution < 1.29 is 4.79 Å². The average Bonchev–Trinajstić information content (AvgIpc) is 2.33. The molecule has 18 heavy (non-hydrogen) atoms. The number of anilines is 1. The zero-order valence-electron chi connectivity index (χ0n) is 9.45. The highest BCUT2D eigenvalue weighted by molar-refractivity contribution is 9.10. The predicted molar refractivity (Wildman–Crippen MR) is 73.9 cm³/mol. The molecule has 0 radical (unpaired) electrons. The second-order valence-electron chi connectivity index (χ2n) is 3.63. The molecule has 2 aromatic heterocycles. The Morgan fingerprint density at radius 3 is 2.89 bits per heavy atom. The number of rotatable bonds is 2. The summed E-state index contributed by atoms with van der Waals surface area (Å²) >= 11 is 9.23. The van der Waals surface area contributed by atoms with Gasteiger partial charge in [0, 0.05) is 23.1 Å². The quantitative estimate of drug-likeness (QED) is 0.919. The third-order valence-electron chi connectivity index (χ3n) is 2.29. The van der Waals surface area contributed by atoms with Gasteiger partial charge in [-0.05, 0) is 40.5 Å². The Morgan fingerprint density at radius 1 is 1.44 bits per heavy atom. The van der Waals surface area contributed by atoms with E-state index in [0.29, 0.717) is 16.4 Å². The lowest BCUT2D eigenvalue weighted by Crippen LogP contribution is -2.14. The normalized spacial score (nSPS) is 10.2. The van der Waals surface area contributed by atoms with Crippen molar-refractivity contribution in [3.05, 3.63) is 51.3 Å². The first-order chi connectivity index (χ1) is 8.58. The van der Waals surface area contributed by atoms with Gasteiger partial charge in [-0.1, -0.05) is 11.6 Å². The number of amides is 1. The largest absolute Gasteiger partial charge is 0.306 e. The van der Waals surface area contributed by atoms with Gasteiger partial charge in [-0.15, -0.1) is 0 Å². The van der Waals surface area contributed by atoms with Gasteiger partial charge in [-0.3, -0.25) is 9.78 Å². The van der Waals surface area contributed by atoms with Crippen molar-refractivity contribution >= 4 is 39.3 Å². The fraction of sp³-hybridized carbons (Fsp3) is 0.0833. The number of hydrogen-bond donors (Lipinski definition) is 1. The van der Waals surface area contributed by atoms with Crippen LogP contribution in [0.15, 0.2) is 35.2 Å². The number of nitrogens with one attached hydrogen (secondary N) is 1. The Bertz CT molecular complexity index is 604. The molecule has 1 N–H and O–H groups in total. The molecule has 0 unspecified atom stereocenters. The summed E-state index contributed by atoms with van der Waals surface area (Å²) in [6, 6.07) is 3.44. The molecule has 4 nitrogen and oxygen atoms in total. The number of pyridine rings is 2. The van der Waals surface area contributed by atoms with E-state index in [0.717, 1.165) is 10.0 Å². The summed E-state index contributed by atoms with van der Waals surface area (Å²) in [5.41, 5.74) is 1.18. The van der Waals surface area contributed by atoms with Gasteiger partial charge in [0.2, 0.25) is 0 Å². The number of aryl methyl sites for hydroxylation is 1. The number of carbonyl (C=O) groups excluding carboxylic acids is 1. The average molecular weight is 327 g/mol. The molecule has 2 heterocycles. The lowest BCUT2D eigenvalue weighted by molar-refractivity contribution is 0.102. The standard InChI is InChI=1S/C12H9BrClN3O/c1-7-4-8(13)5-16-11(7)17-12(18)9-6-15-3-2-10(9)14/h2-6H,1H3,(H,16,17,18). The van der Waals surface area contributed by atoms with Crippen molar-refractivity contribution in [1.82, 2.24) is 9.97 Å². The van der Waals surface area contributed by atoms with Crippen LogP contribution in [0.5, 0.6) is 0 Å². The number of hydrogen-bond acceptors (Lipinski definition) is 3. The Kier molecular flexibility index (Phi) is 3.93. The SMILES string of the molecule is Cc1cc(Br)cnc1NC(=O)c1cnccc1Cl. The smallest absolute Gasteiger partial charge is 0.259 e. The molecule has 2 rings (SSSR count). The predicted octanol–water partition coefficient (Wildman–Crippen LogP) is 3.45. The van der Waals surface area contributed by atoms with Crippen molar-refractivity contribution in [2.75, 3.05) is 5.32 Å². The van der Waals surface area contributed by atoms with E-state index in [1.165, 1.54) is 12.4 Å². The molecule has 2 aromatic rings. The van der Waals surface area contributed by atoms with Crippen LogP contribution in [-0.2, 0) is 0 Å². The van der Waals surface area contributed by atoms with E-state index in [-0.39, 0.29) is 5.91 Å². The highest BCUT2D eigenvalue weighted by Crippen LogP contribution is 2.19. The van der Waals surface area contributed by atoms with Crippen molar-refractivity contribution in [2.45, 2.75) is 6.92 Å². The van der Waals surface area contributed by atoms with Gasteiger partial charge in [-0.25, -0.2) is 4.98 Å². The summed E-state index contributed by atoms with van der Waals surface area (Å²) in [5, 5.41) is 3.06. The summed E-state index contributed by atoms with van der Waals surface area (Å²) in [6.07, 6.45) is 4.57. The van der Waals surface area contributed by atoms with E-state index in [1.54, 1.807) is 12.3 Å². The minimum atomic E-state index is -0.328. The Labute approximate surface area is 118 Å². The van der Waals surface area contributed by atoms with Crippen LogP contribution in [0.4, 0.5) is 5.82 Å². The van der Waals surface area contributed by atoms with E-state index < -0.39 is 0 Å². The maximum atomic E-state index is 12.0. The molecular weight excluding hydrogens is 318 g/mol. The number of halogens is 2. The zero-order chi connectivity index (χ0) is 13.1. The van der Waals surface area contributed by atoms with E-state index in [4.69, 9.17) is 11.6 Å². The van der Waals surface area contributed by atoms with Gasteiger partial charge in [0.05, 0.1) is 10.6 Å². The summed E-state index contributed by atoms with van der Waals surface area (Å²) in [6.45, 7) is 1.86. The number of aromatic nitrogens is 2. The summed E-state index contributed by atoms with van der Waals surface area (Å²) in [7, 11) is 0. The number of nitrogens with zero attached hydrogens (tertiary/aromatic N) is 2. The lowest BCUT2D eigenvalue weighted by Gasteiger charge is -2.08. The van der Waals surface area contributed by atoms with Crippen molar-refractivity contribution in [3.63, 3.8) is 0 Å². The van der Waals surface area contributed by atoms with Crippen LogP contribution in [0.3, 0.4) is 0 Å². The summed E-state index contributed by atoms with van der Waals surface area (Å²) in [5.74, 6) is 0.175. The van der Waals surface area contributed by atoms with Gasteiger partial charge in [0.25, 0.3) is 5.91 Å². The summed E-state index contributed by atoms with van der Waals surface area (Å²) in [4.78, 5) is 20.0. The maximum Gasteiger partial charge on any atom is 0.259 e. The van der Waals surface area contributed by atoms with Crippen LogP contribution in [0.2, 0.25) is 5.02 Å². The molecule has 0 aliphatic heterocycles. The fourth-order valence-corrected chi connectivity index (χ4v) is 2.03. The van der Waals surface area contributed by atoms with E-state index in [1.807, 2.05) is 13.0 Å². The highest BCUT2D eigenvalue weighted by Gasteiger charge is 2.12. The molecule has 0 spiro atoms. The molecule has 1 amide bonds. The molecule has 0 fully saturated rings. The van der Waals surface area contributed by atoms with Gasteiger partial charge in [0.1, 0.15) is 5.82 Å². The van der Waals surface area contributed by atoms with Crippen molar-refractivity contribution in [3.8, 4) is 0 Å².